The Bertz CT molecular complexity index is 1110. The van der Waals surface area contributed by atoms with E-state index in [0.717, 1.165) is 42.0 Å². The minimum Gasteiger partial charge on any atom is -0.354 e. The molecule has 1 amide bonds. The van der Waals surface area contributed by atoms with E-state index in [2.05, 4.69) is 49.2 Å². The van der Waals surface area contributed by atoms with Crippen LogP contribution in [0.4, 0.5) is 11.5 Å². The van der Waals surface area contributed by atoms with E-state index in [-0.39, 0.29) is 11.9 Å². The summed E-state index contributed by atoms with van der Waals surface area (Å²) >= 11 is 5.83. The topological polar surface area (TPSA) is 86.3 Å². The van der Waals surface area contributed by atoms with Gasteiger partial charge in [-0.05, 0) is 42.4 Å². The number of carbonyl (C=O) groups excluding carboxylic acids is 1. The Morgan fingerprint density at radius 1 is 1.12 bits per heavy atom. The first-order chi connectivity index (χ1) is 15.5. The molecule has 0 saturated carbocycles. The predicted octanol–water partition coefficient (Wildman–Crippen LogP) is 2.93. The van der Waals surface area contributed by atoms with Gasteiger partial charge in [0.1, 0.15) is 11.5 Å². The van der Waals surface area contributed by atoms with Gasteiger partial charge in [0.2, 0.25) is 0 Å². The van der Waals surface area contributed by atoms with Crippen LogP contribution in [0.1, 0.15) is 24.3 Å². The molecule has 32 heavy (non-hydrogen) atoms. The van der Waals surface area contributed by atoms with Gasteiger partial charge in [0.15, 0.2) is 5.11 Å². The number of benzene rings is 1. The normalized spacial score (nSPS) is 16.3. The van der Waals surface area contributed by atoms with Gasteiger partial charge in [-0.2, -0.15) is 0 Å². The summed E-state index contributed by atoms with van der Waals surface area (Å²) in [6, 6.07) is 10.2. The van der Waals surface area contributed by atoms with Crippen molar-refractivity contribution in [2.75, 3.05) is 36.9 Å². The quantitative estimate of drug-likeness (QED) is 0.588. The largest absolute Gasteiger partial charge is 0.354 e. The van der Waals surface area contributed by atoms with E-state index in [0.29, 0.717) is 16.7 Å². The van der Waals surface area contributed by atoms with Crippen molar-refractivity contribution in [1.82, 2.24) is 25.2 Å². The van der Waals surface area contributed by atoms with E-state index in [1.165, 1.54) is 6.20 Å². The number of nitrogens with one attached hydrogen (secondary N) is 2. The summed E-state index contributed by atoms with van der Waals surface area (Å²) in [7, 11) is 1.58. The number of nitrogens with zero attached hydrogens (tertiary/aromatic N) is 5. The van der Waals surface area contributed by atoms with Crippen LogP contribution >= 0.6 is 12.2 Å². The summed E-state index contributed by atoms with van der Waals surface area (Å²) in [4.78, 5) is 29.4. The maximum absolute atomic E-state index is 11.7. The van der Waals surface area contributed by atoms with Gasteiger partial charge in [-0.25, -0.2) is 9.97 Å². The number of thiocarbonyl (C=S) groups is 1. The van der Waals surface area contributed by atoms with Crippen LogP contribution < -0.4 is 15.5 Å². The lowest BCUT2D eigenvalue weighted by Gasteiger charge is -2.45. The minimum atomic E-state index is -0.242. The Kier molecular flexibility index (Phi) is 6.45. The molecule has 3 aromatic rings. The third-order valence-electron chi connectivity index (χ3n) is 5.76. The third-order valence-corrected chi connectivity index (χ3v) is 6.09. The zero-order valence-corrected chi connectivity index (χ0v) is 19.3. The van der Waals surface area contributed by atoms with Gasteiger partial charge in [0.25, 0.3) is 5.91 Å². The van der Waals surface area contributed by atoms with Crippen molar-refractivity contribution in [2.24, 2.45) is 5.92 Å². The second kappa shape index (κ2) is 9.44. The predicted molar refractivity (Wildman–Crippen MR) is 131 cm³/mol. The number of rotatable bonds is 4. The SMILES string of the molecule is CNC(=O)c1cnc(N2CCN(C(=S)Nc3cccc4ncccc34)C(C(C)C)C2)cn1. The molecule has 1 aliphatic rings. The number of carbonyl (C=O) groups is 1. The van der Waals surface area contributed by atoms with Crippen LogP contribution in [0, 0.1) is 5.92 Å². The van der Waals surface area contributed by atoms with Crippen LogP contribution in [0.5, 0.6) is 0 Å². The molecule has 166 valence electrons. The van der Waals surface area contributed by atoms with Crippen molar-refractivity contribution in [3.05, 3.63) is 54.6 Å². The lowest BCUT2D eigenvalue weighted by molar-refractivity contribution is 0.0958. The molecule has 1 aliphatic heterocycles. The van der Waals surface area contributed by atoms with E-state index in [1.807, 2.05) is 30.3 Å². The van der Waals surface area contributed by atoms with Gasteiger partial charge in [-0.15, -0.1) is 0 Å². The van der Waals surface area contributed by atoms with Crippen molar-refractivity contribution in [3.8, 4) is 0 Å². The van der Waals surface area contributed by atoms with Gasteiger partial charge in [0, 0.05) is 44.0 Å². The Morgan fingerprint density at radius 2 is 1.97 bits per heavy atom. The molecule has 1 fully saturated rings. The number of anilines is 2. The zero-order chi connectivity index (χ0) is 22.7. The number of pyridine rings is 1. The molecule has 8 nitrogen and oxygen atoms in total. The molecule has 0 spiro atoms. The maximum atomic E-state index is 11.7. The molecule has 1 aromatic carbocycles. The highest BCUT2D eigenvalue weighted by Gasteiger charge is 2.31. The summed E-state index contributed by atoms with van der Waals surface area (Å²) in [5.74, 6) is 0.903. The number of aromatic nitrogens is 3. The van der Waals surface area contributed by atoms with Crippen LogP contribution in [0.2, 0.25) is 0 Å². The second-order valence-corrected chi connectivity index (χ2v) is 8.48. The fraction of sp³-hybridized carbons (Fsp3) is 0.348. The number of hydrogen-bond donors (Lipinski definition) is 2. The fourth-order valence-electron chi connectivity index (χ4n) is 3.97. The fourth-order valence-corrected chi connectivity index (χ4v) is 4.31. The minimum absolute atomic E-state index is 0.206. The van der Waals surface area contributed by atoms with Crippen LogP contribution in [-0.4, -0.2) is 63.6 Å². The lowest BCUT2D eigenvalue weighted by Crippen LogP contribution is -2.58. The van der Waals surface area contributed by atoms with E-state index in [4.69, 9.17) is 12.2 Å². The van der Waals surface area contributed by atoms with E-state index in [9.17, 15) is 4.79 Å². The standard InChI is InChI=1S/C23H27N7OS/c1-15(2)20-14-29(21-13-26-19(12-27-21)22(31)24-3)10-11-30(20)23(32)28-18-8-4-7-17-16(18)6-5-9-25-17/h4-9,12-13,15,20H,10-11,14H2,1-3H3,(H,24,31)(H,28,32). The molecule has 0 aliphatic carbocycles. The summed E-state index contributed by atoms with van der Waals surface area (Å²) in [6.07, 6.45) is 4.98. The van der Waals surface area contributed by atoms with Crippen molar-refractivity contribution in [1.29, 1.82) is 0 Å². The van der Waals surface area contributed by atoms with E-state index >= 15 is 0 Å². The smallest absolute Gasteiger partial charge is 0.271 e. The van der Waals surface area contributed by atoms with Gasteiger partial charge >= 0.3 is 0 Å². The van der Waals surface area contributed by atoms with E-state index < -0.39 is 0 Å². The molecule has 2 aromatic heterocycles. The van der Waals surface area contributed by atoms with Crippen molar-refractivity contribution in [3.63, 3.8) is 0 Å². The Hall–Kier alpha value is -3.33. The van der Waals surface area contributed by atoms with Crippen LogP contribution in [-0.2, 0) is 0 Å². The molecule has 1 atom stereocenters. The van der Waals surface area contributed by atoms with Gasteiger partial charge < -0.3 is 20.4 Å². The van der Waals surface area contributed by atoms with Gasteiger partial charge in [-0.3, -0.25) is 9.78 Å². The molecule has 3 heterocycles. The molecule has 2 N–H and O–H groups in total. The molecule has 0 bridgehead atoms. The maximum Gasteiger partial charge on any atom is 0.271 e. The van der Waals surface area contributed by atoms with Crippen molar-refractivity contribution in [2.45, 2.75) is 19.9 Å². The summed E-state index contributed by atoms with van der Waals surface area (Å²) < 4.78 is 0. The second-order valence-electron chi connectivity index (χ2n) is 8.10. The molecule has 0 radical (unpaired) electrons. The first-order valence-corrected chi connectivity index (χ1v) is 11.1. The zero-order valence-electron chi connectivity index (χ0n) is 18.4. The third kappa shape index (κ3) is 4.47. The highest BCUT2D eigenvalue weighted by Crippen LogP contribution is 2.25. The highest BCUT2D eigenvalue weighted by atomic mass is 32.1. The molecule has 1 unspecified atom stereocenters. The number of hydrogen-bond acceptors (Lipinski definition) is 6. The van der Waals surface area contributed by atoms with Crippen molar-refractivity contribution < 1.29 is 4.79 Å². The molecular formula is C23H27N7OS. The van der Waals surface area contributed by atoms with Gasteiger partial charge in [0.05, 0.1) is 24.0 Å². The first-order valence-electron chi connectivity index (χ1n) is 10.7. The average molecular weight is 450 g/mol. The highest BCUT2D eigenvalue weighted by molar-refractivity contribution is 7.80. The Balaban J connectivity index is 1.49. The summed E-state index contributed by atoms with van der Waals surface area (Å²) in [6.45, 7) is 6.69. The summed E-state index contributed by atoms with van der Waals surface area (Å²) in [5.41, 5.74) is 2.20. The molecular weight excluding hydrogens is 422 g/mol. The lowest BCUT2D eigenvalue weighted by atomic mass is 10.00. The van der Waals surface area contributed by atoms with Crippen molar-refractivity contribution >= 4 is 45.6 Å². The first kappa shape index (κ1) is 21.9. The average Bonchev–Trinajstić information content (AvgIpc) is 2.83. The molecule has 4 rings (SSSR count). The number of piperazine rings is 1. The Morgan fingerprint density at radius 3 is 2.69 bits per heavy atom. The number of fused-ring (bicyclic) bond motifs is 1. The van der Waals surface area contributed by atoms with Crippen LogP contribution in [0.15, 0.2) is 48.9 Å². The molecule has 9 heteroatoms. The van der Waals surface area contributed by atoms with Crippen LogP contribution in [0.25, 0.3) is 10.9 Å². The summed E-state index contributed by atoms with van der Waals surface area (Å²) in [5, 5.41) is 7.77. The van der Waals surface area contributed by atoms with Crippen LogP contribution in [0.3, 0.4) is 0 Å². The van der Waals surface area contributed by atoms with Gasteiger partial charge in [-0.1, -0.05) is 19.9 Å². The van der Waals surface area contributed by atoms with E-state index in [1.54, 1.807) is 19.4 Å². The molecule has 1 saturated heterocycles. The number of amides is 1. The monoisotopic (exact) mass is 449 g/mol. The Labute approximate surface area is 193 Å².